The Labute approximate surface area is 190 Å². The fourth-order valence-corrected chi connectivity index (χ4v) is 4.00. The summed E-state index contributed by atoms with van der Waals surface area (Å²) in [6.07, 6.45) is -0.0831. The van der Waals surface area contributed by atoms with E-state index in [0.29, 0.717) is 28.9 Å². The maximum absolute atomic E-state index is 13.5. The number of urea groups is 2. The first-order valence-corrected chi connectivity index (χ1v) is 11.1. The van der Waals surface area contributed by atoms with Crippen LogP contribution in [0.2, 0.25) is 0 Å². The molecule has 1 atom stereocenters. The van der Waals surface area contributed by atoms with E-state index < -0.39 is 17.7 Å². The maximum atomic E-state index is 13.5. The van der Waals surface area contributed by atoms with Gasteiger partial charge < -0.3 is 10.2 Å². The molecule has 1 saturated heterocycles. The van der Waals surface area contributed by atoms with Crippen LogP contribution in [0.5, 0.6) is 0 Å². The Balaban J connectivity index is 1.95. The van der Waals surface area contributed by atoms with Crippen LogP contribution in [0, 0.1) is 19.8 Å². The lowest BCUT2D eigenvalue weighted by Gasteiger charge is -2.38. The highest BCUT2D eigenvalue weighted by Crippen LogP contribution is 2.38. The Bertz CT molecular complexity index is 954. The van der Waals surface area contributed by atoms with Crippen LogP contribution in [0.1, 0.15) is 45.2 Å². The second kappa shape index (κ2) is 9.20. The van der Waals surface area contributed by atoms with E-state index in [9.17, 15) is 14.8 Å². The molecule has 0 radical (unpaired) electrons. The summed E-state index contributed by atoms with van der Waals surface area (Å²) in [5.74, 6) is 0.417. The SMILES string of the molecule is Cc1ccc(NC(=O)N(O)[C@H]2N(c3ccc(C)cc3)C(=O)N(CCC(C)C)C2(C)C)cc1. The lowest BCUT2D eigenvalue weighted by Crippen LogP contribution is -2.58. The van der Waals surface area contributed by atoms with Crippen molar-refractivity contribution in [2.75, 3.05) is 16.8 Å². The Morgan fingerprint density at radius 2 is 1.59 bits per heavy atom. The zero-order valence-electron chi connectivity index (χ0n) is 19.8. The third-order valence-electron chi connectivity index (χ3n) is 5.99. The predicted octanol–water partition coefficient (Wildman–Crippen LogP) is 5.62. The summed E-state index contributed by atoms with van der Waals surface area (Å²) in [5, 5.41) is 14.4. The van der Waals surface area contributed by atoms with Crippen molar-refractivity contribution in [1.82, 2.24) is 9.96 Å². The van der Waals surface area contributed by atoms with Gasteiger partial charge in [-0.1, -0.05) is 49.2 Å². The standard InChI is InChI=1S/C25H34N4O3/c1-17(2)15-16-27-24(31)28(21-13-9-19(4)10-14-21)22(25(27,5)6)29(32)23(30)26-20-11-7-18(3)8-12-20/h7-14,17,22,32H,15-16H2,1-6H3,(H,26,30)/t22-/m1/s1. The van der Waals surface area contributed by atoms with E-state index in [0.717, 1.165) is 17.5 Å². The maximum Gasteiger partial charge on any atom is 0.347 e. The number of amides is 4. The summed E-state index contributed by atoms with van der Waals surface area (Å²) in [4.78, 5) is 29.8. The molecule has 0 unspecified atom stereocenters. The van der Waals surface area contributed by atoms with Gasteiger partial charge in [0.1, 0.15) is 0 Å². The Morgan fingerprint density at radius 3 is 2.12 bits per heavy atom. The number of rotatable bonds is 6. The van der Waals surface area contributed by atoms with Gasteiger partial charge in [-0.2, -0.15) is 5.06 Å². The molecule has 3 rings (SSSR count). The molecule has 2 aromatic carbocycles. The third-order valence-corrected chi connectivity index (χ3v) is 5.99. The van der Waals surface area contributed by atoms with Crippen LogP contribution in [-0.2, 0) is 0 Å². The molecule has 32 heavy (non-hydrogen) atoms. The Kier molecular flexibility index (Phi) is 6.79. The molecule has 1 heterocycles. The van der Waals surface area contributed by atoms with Crippen molar-refractivity contribution in [1.29, 1.82) is 0 Å². The lowest BCUT2D eigenvalue weighted by atomic mass is 9.98. The van der Waals surface area contributed by atoms with E-state index in [2.05, 4.69) is 19.2 Å². The highest BCUT2D eigenvalue weighted by Gasteiger charge is 2.55. The molecule has 2 aromatic rings. The molecule has 2 N–H and O–H groups in total. The molecule has 1 aliphatic heterocycles. The van der Waals surface area contributed by atoms with Gasteiger partial charge in [0, 0.05) is 17.9 Å². The number of aryl methyl sites for hydroxylation is 2. The number of hydrogen-bond acceptors (Lipinski definition) is 3. The summed E-state index contributed by atoms with van der Waals surface area (Å²) in [6.45, 7) is 12.4. The summed E-state index contributed by atoms with van der Waals surface area (Å²) < 4.78 is 0. The summed E-state index contributed by atoms with van der Waals surface area (Å²) in [6, 6.07) is 13.9. The number of hydroxylamine groups is 2. The van der Waals surface area contributed by atoms with Crippen LogP contribution in [0.3, 0.4) is 0 Å². The van der Waals surface area contributed by atoms with Crippen molar-refractivity contribution in [3.05, 3.63) is 59.7 Å². The van der Waals surface area contributed by atoms with Crippen LogP contribution in [0.4, 0.5) is 21.0 Å². The number of nitrogens with one attached hydrogen (secondary N) is 1. The van der Waals surface area contributed by atoms with Crippen molar-refractivity contribution < 1.29 is 14.8 Å². The van der Waals surface area contributed by atoms with Crippen molar-refractivity contribution in [3.63, 3.8) is 0 Å². The topological polar surface area (TPSA) is 76.1 Å². The smallest absolute Gasteiger partial charge is 0.315 e. The van der Waals surface area contributed by atoms with Crippen molar-refractivity contribution in [2.24, 2.45) is 5.92 Å². The monoisotopic (exact) mass is 438 g/mol. The van der Waals surface area contributed by atoms with Crippen LogP contribution in [0.15, 0.2) is 48.5 Å². The molecule has 0 saturated carbocycles. The molecule has 0 bridgehead atoms. The molecular weight excluding hydrogens is 404 g/mol. The first-order valence-electron chi connectivity index (χ1n) is 11.1. The van der Waals surface area contributed by atoms with Crippen LogP contribution in [0.25, 0.3) is 0 Å². The third kappa shape index (κ3) is 4.72. The number of anilines is 2. The van der Waals surface area contributed by atoms with E-state index in [4.69, 9.17) is 0 Å². The van der Waals surface area contributed by atoms with E-state index in [1.54, 1.807) is 17.0 Å². The number of carbonyl (C=O) groups excluding carboxylic acids is 2. The van der Waals surface area contributed by atoms with E-state index in [1.807, 2.05) is 64.1 Å². The second-order valence-corrected chi connectivity index (χ2v) is 9.49. The van der Waals surface area contributed by atoms with E-state index in [-0.39, 0.29) is 6.03 Å². The fraction of sp³-hybridized carbons (Fsp3) is 0.440. The normalized spacial score (nSPS) is 17.8. The zero-order valence-corrected chi connectivity index (χ0v) is 19.8. The van der Waals surface area contributed by atoms with Crippen LogP contribution in [-0.4, -0.2) is 45.5 Å². The van der Waals surface area contributed by atoms with Gasteiger partial charge in [0.15, 0.2) is 6.17 Å². The van der Waals surface area contributed by atoms with Crippen molar-refractivity contribution >= 4 is 23.4 Å². The van der Waals surface area contributed by atoms with Gasteiger partial charge in [0.05, 0.1) is 5.54 Å². The fourth-order valence-electron chi connectivity index (χ4n) is 4.00. The van der Waals surface area contributed by atoms with Crippen molar-refractivity contribution in [3.8, 4) is 0 Å². The second-order valence-electron chi connectivity index (χ2n) is 9.49. The largest absolute Gasteiger partial charge is 0.347 e. The van der Waals surface area contributed by atoms with Gasteiger partial charge in [0.2, 0.25) is 0 Å². The number of hydrogen-bond donors (Lipinski definition) is 2. The van der Waals surface area contributed by atoms with E-state index >= 15 is 0 Å². The summed E-state index contributed by atoms with van der Waals surface area (Å²) in [5.41, 5.74) is 2.51. The average Bonchev–Trinajstić information content (AvgIpc) is 2.93. The molecule has 7 heteroatoms. The Morgan fingerprint density at radius 1 is 1.06 bits per heavy atom. The quantitative estimate of drug-likeness (QED) is 0.454. The Hall–Kier alpha value is -3.06. The van der Waals surface area contributed by atoms with Gasteiger partial charge in [0.25, 0.3) is 0 Å². The summed E-state index contributed by atoms with van der Waals surface area (Å²) in [7, 11) is 0. The summed E-state index contributed by atoms with van der Waals surface area (Å²) >= 11 is 0. The molecular formula is C25H34N4O3. The molecule has 7 nitrogen and oxygen atoms in total. The number of nitrogens with zero attached hydrogens (tertiary/aromatic N) is 3. The van der Waals surface area contributed by atoms with Crippen molar-refractivity contribution in [2.45, 2.75) is 59.7 Å². The van der Waals surface area contributed by atoms with Gasteiger partial charge in [-0.25, -0.2) is 9.59 Å². The van der Waals surface area contributed by atoms with Crippen LogP contribution < -0.4 is 10.2 Å². The molecule has 0 aromatic heterocycles. The highest BCUT2D eigenvalue weighted by molar-refractivity contribution is 5.98. The molecule has 172 valence electrons. The molecule has 1 aliphatic rings. The predicted molar refractivity (Wildman–Crippen MR) is 127 cm³/mol. The van der Waals surface area contributed by atoms with Gasteiger partial charge in [-0.15, -0.1) is 0 Å². The minimum atomic E-state index is -0.907. The highest BCUT2D eigenvalue weighted by atomic mass is 16.5. The molecule has 1 fully saturated rings. The first kappa shape index (κ1) is 23.6. The lowest BCUT2D eigenvalue weighted by molar-refractivity contribution is -0.0950. The minimum Gasteiger partial charge on any atom is -0.315 e. The van der Waals surface area contributed by atoms with Gasteiger partial charge in [-0.05, 0) is 64.3 Å². The first-order chi connectivity index (χ1) is 15.0. The number of carbonyl (C=O) groups is 2. The van der Waals surface area contributed by atoms with Crippen LogP contribution >= 0.6 is 0 Å². The number of benzene rings is 2. The van der Waals surface area contributed by atoms with Gasteiger partial charge >= 0.3 is 12.1 Å². The minimum absolute atomic E-state index is 0.230. The van der Waals surface area contributed by atoms with E-state index in [1.165, 1.54) is 4.90 Å². The molecule has 4 amide bonds. The average molecular weight is 439 g/mol. The molecule has 0 aliphatic carbocycles. The zero-order chi connectivity index (χ0) is 23.6. The molecule has 0 spiro atoms. The van der Waals surface area contributed by atoms with Gasteiger partial charge in [-0.3, -0.25) is 10.1 Å².